The minimum absolute atomic E-state index is 0.0567. The van der Waals surface area contributed by atoms with Gasteiger partial charge in [0.15, 0.2) is 11.6 Å². The van der Waals surface area contributed by atoms with Crippen molar-refractivity contribution in [3.8, 4) is 0 Å². The SMILES string of the molecule is CN(C)C(=O)[C@H](c1ccc(S(F)(F)(F)(F)F)cc1)[C@](C)(N)c1c(F)ccc(F)c1F. The lowest BCUT2D eigenvalue weighted by Gasteiger charge is -2.41. The van der Waals surface area contributed by atoms with Gasteiger partial charge in [-0.25, -0.2) is 13.2 Å². The smallest absolute Gasteiger partial charge is 0.310 e. The van der Waals surface area contributed by atoms with Crippen molar-refractivity contribution in [1.82, 2.24) is 4.90 Å². The second-order valence-corrected chi connectivity index (χ2v) is 9.61. The molecule has 2 rings (SSSR count). The molecule has 2 N–H and O–H groups in total. The Morgan fingerprint density at radius 1 is 0.933 bits per heavy atom. The molecule has 12 heteroatoms. The Morgan fingerprint density at radius 2 is 1.40 bits per heavy atom. The third kappa shape index (κ3) is 4.53. The number of rotatable bonds is 5. The van der Waals surface area contributed by atoms with E-state index in [1.165, 1.54) is 14.1 Å². The Bertz CT molecular complexity index is 989. The van der Waals surface area contributed by atoms with Gasteiger partial charge in [-0.15, -0.1) is 0 Å². The fourth-order valence-electron chi connectivity index (χ4n) is 3.09. The van der Waals surface area contributed by atoms with Crippen LogP contribution in [0.15, 0.2) is 41.3 Å². The average molecular weight is 462 g/mol. The van der Waals surface area contributed by atoms with Gasteiger partial charge >= 0.3 is 10.2 Å². The maximum Gasteiger partial charge on any atom is 0.310 e. The van der Waals surface area contributed by atoms with Gasteiger partial charge in [-0.3, -0.25) is 4.79 Å². The van der Waals surface area contributed by atoms with Gasteiger partial charge in [0, 0.05) is 19.7 Å². The number of likely N-dealkylation sites (N-methyl/N-ethyl adjacent to an activating group) is 1. The van der Waals surface area contributed by atoms with E-state index in [0.29, 0.717) is 24.3 Å². The fraction of sp³-hybridized carbons (Fsp3) is 0.278. The molecular weight excluding hydrogens is 444 g/mol. The standard InChI is InChI=1S/C18H18F8N2OS/c1-18(27,15-12(19)8-9-13(20)16(15)21)14(17(29)28(2)3)10-4-6-11(7-5-10)30(22,23,24,25)26/h4-9,14H,27H2,1-3H3/t14-,18-/m0/s1. The van der Waals surface area contributed by atoms with Gasteiger partial charge in [-0.2, -0.15) is 0 Å². The van der Waals surface area contributed by atoms with E-state index in [1.807, 2.05) is 0 Å². The molecule has 0 heterocycles. The van der Waals surface area contributed by atoms with Crippen molar-refractivity contribution in [3.63, 3.8) is 0 Å². The minimum atomic E-state index is -9.99. The van der Waals surface area contributed by atoms with Gasteiger partial charge < -0.3 is 10.6 Å². The summed E-state index contributed by atoms with van der Waals surface area (Å²) in [6, 6.07) is 2.32. The zero-order valence-electron chi connectivity index (χ0n) is 15.9. The number of hydrogen-bond donors (Lipinski definition) is 1. The van der Waals surface area contributed by atoms with E-state index < -0.39 is 55.5 Å². The third-order valence-corrected chi connectivity index (χ3v) is 5.69. The van der Waals surface area contributed by atoms with Crippen LogP contribution in [0.5, 0.6) is 0 Å². The Kier molecular flexibility index (Phi) is 5.25. The second-order valence-electron chi connectivity index (χ2n) is 7.20. The molecule has 2 atom stereocenters. The lowest BCUT2D eigenvalue weighted by molar-refractivity contribution is -0.132. The number of nitrogens with two attached hydrogens (primary N) is 1. The molecule has 2 aromatic rings. The Morgan fingerprint density at radius 3 is 1.83 bits per heavy atom. The van der Waals surface area contributed by atoms with Crippen LogP contribution in [-0.2, 0) is 10.3 Å². The highest BCUT2D eigenvalue weighted by Gasteiger charge is 2.65. The van der Waals surface area contributed by atoms with E-state index in [0.717, 1.165) is 11.8 Å². The number of carbonyl (C=O) groups is 1. The van der Waals surface area contributed by atoms with Crippen LogP contribution in [0.4, 0.5) is 32.6 Å². The monoisotopic (exact) mass is 462 g/mol. The molecule has 0 radical (unpaired) electrons. The van der Waals surface area contributed by atoms with E-state index >= 15 is 0 Å². The molecule has 30 heavy (non-hydrogen) atoms. The molecule has 0 aromatic heterocycles. The van der Waals surface area contributed by atoms with Crippen LogP contribution in [0.2, 0.25) is 0 Å². The molecule has 168 valence electrons. The maximum atomic E-state index is 14.4. The first-order chi connectivity index (χ1) is 13.3. The molecule has 0 fully saturated rings. The first-order valence-electron chi connectivity index (χ1n) is 8.25. The van der Waals surface area contributed by atoms with Crippen LogP contribution in [0.3, 0.4) is 0 Å². The van der Waals surface area contributed by atoms with Crippen LogP contribution in [-0.4, -0.2) is 24.9 Å². The number of benzene rings is 2. The summed E-state index contributed by atoms with van der Waals surface area (Å²) >= 11 is 0. The van der Waals surface area contributed by atoms with Gasteiger partial charge in [0.1, 0.15) is 10.7 Å². The largest absolute Gasteiger partial charge is 0.348 e. The summed E-state index contributed by atoms with van der Waals surface area (Å²) in [6.07, 6.45) is 0. The van der Waals surface area contributed by atoms with Gasteiger partial charge in [-0.1, -0.05) is 31.6 Å². The van der Waals surface area contributed by atoms with E-state index in [2.05, 4.69) is 0 Å². The molecule has 0 bridgehead atoms. The summed E-state index contributed by atoms with van der Waals surface area (Å²) in [5.74, 6) is -7.07. The number of hydrogen-bond acceptors (Lipinski definition) is 2. The molecule has 0 saturated heterocycles. The summed E-state index contributed by atoms with van der Waals surface area (Å²) in [5, 5.41) is 0. The van der Waals surface area contributed by atoms with Gasteiger partial charge in [0.2, 0.25) is 5.91 Å². The highest BCUT2D eigenvalue weighted by atomic mass is 32.5. The predicted octanol–water partition coefficient (Wildman–Crippen LogP) is 5.81. The summed E-state index contributed by atoms with van der Waals surface area (Å²) in [6.45, 7) is 0.985. The quantitative estimate of drug-likeness (QED) is 0.451. The lowest BCUT2D eigenvalue weighted by Crippen LogP contribution is -2.48. The van der Waals surface area contributed by atoms with Crippen LogP contribution in [0.25, 0.3) is 0 Å². The van der Waals surface area contributed by atoms with E-state index in [1.54, 1.807) is 0 Å². The lowest BCUT2D eigenvalue weighted by atomic mass is 9.75. The average Bonchev–Trinajstić information content (AvgIpc) is 2.56. The number of carbonyl (C=O) groups excluding carboxylic acids is 1. The Labute approximate surface area is 167 Å². The summed E-state index contributed by atoms with van der Waals surface area (Å²) in [4.78, 5) is 11.5. The fourth-order valence-corrected chi connectivity index (χ4v) is 3.74. The summed E-state index contributed by atoms with van der Waals surface area (Å²) < 4.78 is 107. The first kappa shape index (κ1) is 23.9. The summed E-state index contributed by atoms with van der Waals surface area (Å²) in [7, 11) is -7.50. The highest BCUT2D eigenvalue weighted by molar-refractivity contribution is 8.45. The summed E-state index contributed by atoms with van der Waals surface area (Å²) in [5.41, 5.74) is 2.40. The molecule has 0 aliphatic carbocycles. The molecule has 1 amide bonds. The molecule has 2 aromatic carbocycles. The van der Waals surface area contributed by atoms with Crippen LogP contribution >= 0.6 is 10.2 Å². The molecule has 0 unspecified atom stereocenters. The highest BCUT2D eigenvalue weighted by Crippen LogP contribution is 3.02. The van der Waals surface area contributed by atoms with E-state index in [-0.39, 0.29) is 17.7 Å². The Hall–Kier alpha value is -2.34. The van der Waals surface area contributed by atoms with Crippen molar-refractivity contribution < 1.29 is 37.4 Å². The molecule has 3 nitrogen and oxygen atoms in total. The van der Waals surface area contributed by atoms with Crippen molar-refractivity contribution in [2.24, 2.45) is 5.73 Å². The van der Waals surface area contributed by atoms with Gasteiger partial charge in [0.25, 0.3) is 0 Å². The number of amides is 1. The first-order valence-corrected chi connectivity index (χ1v) is 10.2. The van der Waals surface area contributed by atoms with E-state index in [9.17, 15) is 37.4 Å². The van der Waals surface area contributed by atoms with Crippen LogP contribution < -0.4 is 5.73 Å². The van der Waals surface area contributed by atoms with Gasteiger partial charge in [0.05, 0.1) is 11.5 Å². The number of halogens is 8. The third-order valence-electron chi connectivity index (χ3n) is 4.53. The molecule has 0 aliphatic heterocycles. The van der Waals surface area contributed by atoms with Crippen LogP contribution in [0.1, 0.15) is 24.0 Å². The van der Waals surface area contributed by atoms with Crippen molar-refractivity contribution in [3.05, 3.63) is 65.0 Å². The molecule has 0 saturated carbocycles. The Balaban J connectivity index is 2.72. The topological polar surface area (TPSA) is 46.3 Å². The van der Waals surface area contributed by atoms with Crippen molar-refractivity contribution in [1.29, 1.82) is 0 Å². The molecule has 0 aliphatic rings. The second kappa shape index (κ2) is 6.58. The normalized spacial score (nSPS) is 17.5. The molecule has 0 spiro atoms. The maximum absolute atomic E-state index is 14.4. The zero-order chi connectivity index (χ0) is 23.3. The van der Waals surface area contributed by atoms with Crippen molar-refractivity contribution in [2.75, 3.05) is 14.1 Å². The zero-order valence-corrected chi connectivity index (χ0v) is 16.7. The molecular formula is C18H18F8N2OS. The predicted molar refractivity (Wildman–Crippen MR) is 97.1 cm³/mol. The van der Waals surface area contributed by atoms with E-state index in [4.69, 9.17) is 5.73 Å². The van der Waals surface area contributed by atoms with Crippen LogP contribution in [0, 0.1) is 17.5 Å². The van der Waals surface area contributed by atoms with Gasteiger partial charge in [-0.05, 0) is 36.8 Å². The van der Waals surface area contributed by atoms with Crippen molar-refractivity contribution >= 4 is 16.1 Å². The number of nitrogens with zero attached hydrogens (tertiary/aromatic N) is 1. The minimum Gasteiger partial charge on any atom is -0.348 e. The van der Waals surface area contributed by atoms with Crippen molar-refractivity contribution in [2.45, 2.75) is 23.3 Å².